The van der Waals surface area contributed by atoms with Gasteiger partial charge in [0.05, 0.1) is 19.8 Å². The molecule has 262 valence electrons. The van der Waals surface area contributed by atoms with E-state index >= 15 is 0 Å². The van der Waals surface area contributed by atoms with Crippen LogP contribution in [0.25, 0.3) is 0 Å². The van der Waals surface area contributed by atoms with Gasteiger partial charge in [0.2, 0.25) is 0 Å². The van der Waals surface area contributed by atoms with Crippen molar-refractivity contribution in [3.05, 3.63) is 0 Å². The van der Waals surface area contributed by atoms with Gasteiger partial charge in [-0.2, -0.15) is 11.8 Å². The minimum absolute atomic E-state index is 0.286. The van der Waals surface area contributed by atoms with Gasteiger partial charge in [-0.3, -0.25) is 0 Å². The van der Waals surface area contributed by atoms with Crippen LogP contribution in [0.2, 0.25) is 0 Å². The van der Waals surface area contributed by atoms with Gasteiger partial charge >= 0.3 is 0 Å². The minimum Gasteiger partial charge on any atom is -0.394 e. The highest BCUT2D eigenvalue weighted by atomic mass is 32.2. The topological polar surface area (TPSA) is 179 Å². The first kappa shape index (κ1) is 40.1. The molecule has 0 aromatic rings. The fourth-order valence-electron chi connectivity index (χ4n) is 5.77. The number of hydrogen-bond acceptors (Lipinski definition) is 12. The van der Waals surface area contributed by atoms with Gasteiger partial charge in [0.15, 0.2) is 12.6 Å². The second-order valence-corrected chi connectivity index (χ2v) is 13.5. The average molecular weight is 655 g/mol. The van der Waals surface area contributed by atoms with Crippen molar-refractivity contribution in [3.8, 4) is 0 Å². The van der Waals surface area contributed by atoms with Crippen molar-refractivity contribution in [2.24, 2.45) is 0 Å². The molecule has 7 N–H and O–H groups in total. The number of aliphatic hydroxyl groups excluding tert-OH is 7. The van der Waals surface area contributed by atoms with Crippen molar-refractivity contribution in [2.45, 2.75) is 171 Å². The predicted molar refractivity (Wildman–Crippen MR) is 169 cm³/mol. The molecule has 1 unspecified atom stereocenters. The van der Waals surface area contributed by atoms with Crippen LogP contribution in [0.15, 0.2) is 0 Å². The van der Waals surface area contributed by atoms with Crippen LogP contribution in [-0.4, -0.2) is 128 Å². The molecule has 12 heteroatoms. The zero-order chi connectivity index (χ0) is 32.2. The molecule has 44 heavy (non-hydrogen) atoms. The molecule has 0 aromatic heterocycles. The Kier molecular flexibility index (Phi) is 22.0. The van der Waals surface area contributed by atoms with Crippen LogP contribution in [0, 0.1) is 0 Å². The van der Waals surface area contributed by atoms with E-state index in [-0.39, 0.29) is 6.61 Å². The van der Waals surface area contributed by atoms with Crippen molar-refractivity contribution in [1.82, 2.24) is 0 Å². The first-order chi connectivity index (χ1) is 21.3. The summed E-state index contributed by atoms with van der Waals surface area (Å²) in [4.78, 5) is 0. The Balaban J connectivity index is 1.49. The van der Waals surface area contributed by atoms with Crippen molar-refractivity contribution in [1.29, 1.82) is 0 Å². The number of hydrogen-bond donors (Lipinski definition) is 7. The third kappa shape index (κ3) is 14.4. The summed E-state index contributed by atoms with van der Waals surface area (Å²) in [5.74, 6) is 1.71. The third-order valence-corrected chi connectivity index (χ3v) is 9.65. The van der Waals surface area contributed by atoms with E-state index in [9.17, 15) is 35.7 Å². The molecule has 2 aliphatic rings. The molecule has 2 aliphatic heterocycles. The SMILES string of the molecule is CCCCCCCCCCCCCCCCCCSCCO[C@@H]1O[C@H](CO)[C@H](OC2O[C@H](CO)[C@H](O)[C@H](O)[C@H]2O)[C@H](O)[C@H]1O. The predicted octanol–water partition coefficient (Wildman–Crippen LogP) is 2.62. The molecule has 2 heterocycles. The lowest BCUT2D eigenvalue weighted by Gasteiger charge is -2.45. The molecule has 0 aromatic carbocycles. The zero-order valence-corrected chi connectivity index (χ0v) is 27.6. The summed E-state index contributed by atoms with van der Waals surface area (Å²) >= 11 is 1.76. The molecule has 2 saturated heterocycles. The maximum atomic E-state index is 10.7. The smallest absolute Gasteiger partial charge is 0.187 e. The molecule has 0 saturated carbocycles. The van der Waals surface area contributed by atoms with E-state index in [2.05, 4.69) is 6.92 Å². The molecule has 2 rings (SSSR count). The number of thioether (sulfide) groups is 1. The zero-order valence-electron chi connectivity index (χ0n) is 26.8. The summed E-state index contributed by atoms with van der Waals surface area (Å²) in [6.07, 6.45) is 7.12. The van der Waals surface area contributed by atoms with Crippen LogP contribution in [0.3, 0.4) is 0 Å². The van der Waals surface area contributed by atoms with Gasteiger partial charge in [-0.15, -0.1) is 0 Å². The average Bonchev–Trinajstić information content (AvgIpc) is 3.03. The molecule has 0 radical (unpaired) electrons. The van der Waals surface area contributed by atoms with Crippen molar-refractivity contribution in [3.63, 3.8) is 0 Å². The van der Waals surface area contributed by atoms with Crippen LogP contribution < -0.4 is 0 Å². The number of aliphatic hydroxyl groups is 7. The highest BCUT2D eigenvalue weighted by molar-refractivity contribution is 7.99. The van der Waals surface area contributed by atoms with Gasteiger partial charge in [0, 0.05) is 5.75 Å². The normalized spacial score (nSPS) is 32.7. The van der Waals surface area contributed by atoms with Crippen molar-refractivity contribution < 1.29 is 54.7 Å². The molecular formula is C32H62O11S. The number of unbranched alkanes of at least 4 members (excludes halogenated alkanes) is 15. The Bertz CT molecular complexity index is 689. The van der Waals surface area contributed by atoms with Crippen LogP contribution in [0.4, 0.5) is 0 Å². The molecule has 0 bridgehead atoms. The maximum absolute atomic E-state index is 10.7. The van der Waals surface area contributed by atoms with Gasteiger partial charge in [0.1, 0.15) is 48.8 Å². The fourth-order valence-corrected chi connectivity index (χ4v) is 6.60. The summed E-state index contributed by atoms with van der Waals surface area (Å²) in [6, 6.07) is 0. The number of rotatable bonds is 25. The minimum atomic E-state index is -1.70. The van der Waals surface area contributed by atoms with E-state index in [1.54, 1.807) is 11.8 Å². The summed E-state index contributed by atoms with van der Waals surface area (Å²) in [6.45, 7) is 1.32. The van der Waals surface area contributed by atoms with Crippen molar-refractivity contribution in [2.75, 3.05) is 31.3 Å². The Morgan fingerprint density at radius 2 is 1.00 bits per heavy atom. The Morgan fingerprint density at radius 3 is 1.52 bits per heavy atom. The molecule has 0 amide bonds. The summed E-state index contributed by atoms with van der Waals surface area (Å²) in [7, 11) is 0. The Labute approximate surface area is 268 Å². The van der Waals surface area contributed by atoms with Gasteiger partial charge in [-0.25, -0.2) is 0 Å². The van der Waals surface area contributed by atoms with Crippen LogP contribution in [0.5, 0.6) is 0 Å². The van der Waals surface area contributed by atoms with E-state index in [1.807, 2.05) is 0 Å². The third-order valence-electron chi connectivity index (χ3n) is 8.61. The molecule has 0 aliphatic carbocycles. The summed E-state index contributed by atoms with van der Waals surface area (Å²) in [5.41, 5.74) is 0. The summed E-state index contributed by atoms with van der Waals surface area (Å²) in [5, 5.41) is 70.6. The van der Waals surface area contributed by atoms with E-state index in [4.69, 9.17) is 18.9 Å². The Morgan fingerprint density at radius 1 is 0.523 bits per heavy atom. The first-order valence-electron chi connectivity index (χ1n) is 17.1. The second kappa shape index (κ2) is 24.1. The van der Waals surface area contributed by atoms with Crippen LogP contribution in [-0.2, 0) is 18.9 Å². The summed E-state index contributed by atoms with van der Waals surface area (Å²) < 4.78 is 22.2. The second-order valence-electron chi connectivity index (χ2n) is 12.3. The van der Waals surface area contributed by atoms with Gasteiger partial charge < -0.3 is 54.7 Å². The fraction of sp³-hybridized carbons (Fsp3) is 1.00. The molecule has 2 fully saturated rings. The number of ether oxygens (including phenoxy) is 4. The van der Waals surface area contributed by atoms with E-state index < -0.39 is 74.6 Å². The quantitative estimate of drug-likeness (QED) is 0.0717. The first-order valence-corrected chi connectivity index (χ1v) is 18.3. The van der Waals surface area contributed by atoms with Crippen LogP contribution >= 0.6 is 11.8 Å². The van der Waals surface area contributed by atoms with E-state index in [0.717, 1.165) is 12.2 Å². The largest absolute Gasteiger partial charge is 0.394 e. The molecule has 0 spiro atoms. The molecule has 11 nitrogen and oxygen atoms in total. The van der Waals surface area contributed by atoms with Gasteiger partial charge in [0.25, 0.3) is 0 Å². The maximum Gasteiger partial charge on any atom is 0.187 e. The monoisotopic (exact) mass is 654 g/mol. The van der Waals surface area contributed by atoms with Gasteiger partial charge in [-0.05, 0) is 12.2 Å². The highest BCUT2D eigenvalue weighted by Gasteiger charge is 2.50. The highest BCUT2D eigenvalue weighted by Crippen LogP contribution is 2.29. The Hall–Kier alpha value is -0.0900. The lowest BCUT2D eigenvalue weighted by Crippen LogP contribution is -2.64. The lowest BCUT2D eigenvalue weighted by atomic mass is 9.97. The van der Waals surface area contributed by atoms with E-state index in [1.165, 1.54) is 96.3 Å². The van der Waals surface area contributed by atoms with Crippen molar-refractivity contribution >= 4 is 11.8 Å². The molecule has 10 atom stereocenters. The van der Waals surface area contributed by atoms with Crippen LogP contribution in [0.1, 0.15) is 110 Å². The molecular weight excluding hydrogens is 592 g/mol. The van der Waals surface area contributed by atoms with Gasteiger partial charge in [-0.1, -0.05) is 103 Å². The van der Waals surface area contributed by atoms with E-state index in [0.29, 0.717) is 5.75 Å². The standard InChI is InChI=1S/C32H62O11S/c1-2-3-4-5-6-7-8-9-10-11-12-13-14-15-16-17-19-44-20-18-40-31-29(39)27(37)30(24(22-34)42-31)43-32-28(38)26(36)25(35)23(21-33)41-32/h23-39H,2-22H2,1H3/t23-,24-,25+,26+,27-,28-,29-,30+,31-,32?/m1/s1. The lowest BCUT2D eigenvalue weighted by molar-refractivity contribution is -0.359.